The summed E-state index contributed by atoms with van der Waals surface area (Å²) >= 11 is 1.81. The maximum absolute atomic E-state index is 9.68. The standard InChI is InChI=1S/C17H21NOS/c19-12-15(11-13-5-2-1-3-6-13)18-17(14-8-9-14)16-7-4-10-20-16/h1-7,10,14-15,17-19H,8-9,11-12H2/t15-,17?/m1/s1. The fourth-order valence-corrected chi connectivity index (χ4v) is 3.56. The van der Waals surface area contributed by atoms with Gasteiger partial charge < -0.3 is 10.4 Å². The summed E-state index contributed by atoms with van der Waals surface area (Å²) in [5.74, 6) is 0.749. The van der Waals surface area contributed by atoms with Crippen LogP contribution in [0.4, 0.5) is 0 Å². The number of hydrogen-bond donors (Lipinski definition) is 2. The van der Waals surface area contributed by atoms with E-state index < -0.39 is 0 Å². The van der Waals surface area contributed by atoms with Gasteiger partial charge in [-0.25, -0.2) is 0 Å². The number of benzene rings is 1. The van der Waals surface area contributed by atoms with Gasteiger partial charge in [0.2, 0.25) is 0 Å². The van der Waals surface area contributed by atoms with E-state index in [1.807, 2.05) is 17.4 Å². The fraction of sp³-hybridized carbons (Fsp3) is 0.412. The van der Waals surface area contributed by atoms with Gasteiger partial charge in [0.1, 0.15) is 0 Å². The Morgan fingerprint density at radius 2 is 1.95 bits per heavy atom. The van der Waals surface area contributed by atoms with E-state index in [4.69, 9.17) is 0 Å². The molecule has 0 aliphatic heterocycles. The summed E-state index contributed by atoms with van der Waals surface area (Å²) < 4.78 is 0. The molecular formula is C17H21NOS. The van der Waals surface area contributed by atoms with E-state index in [-0.39, 0.29) is 12.6 Å². The van der Waals surface area contributed by atoms with Crippen molar-refractivity contribution < 1.29 is 5.11 Å². The molecule has 1 fully saturated rings. The van der Waals surface area contributed by atoms with E-state index >= 15 is 0 Å². The van der Waals surface area contributed by atoms with Gasteiger partial charge in [-0.15, -0.1) is 11.3 Å². The van der Waals surface area contributed by atoms with E-state index in [2.05, 4.69) is 47.1 Å². The third-order valence-electron chi connectivity index (χ3n) is 3.90. The summed E-state index contributed by atoms with van der Waals surface area (Å²) in [6.07, 6.45) is 3.49. The van der Waals surface area contributed by atoms with Crippen LogP contribution in [0.3, 0.4) is 0 Å². The Hall–Kier alpha value is -1.16. The highest BCUT2D eigenvalue weighted by molar-refractivity contribution is 7.10. The molecular weight excluding hydrogens is 266 g/mol. The number of aliphatic hydroxyl groups excluding tert-OH is 1. The van der Waals surface area contributed by atoms with Gasteiger partial charge in [0.15, 0.2) is 0 Å². The Balaban J connectivity index is 1.66. The lowest BCUT2D eigenvalue weighted by Gasteiger charge is -2.24. The molecule has 1 aliphatic carbocycles. The second kappa shape index (κ2) is 6.53. The van der Waals surface area contributed by atoms with Gasteiger partial charge in [-0.3, -0.25) is 0 Å². The zero-order valence-corrected chi connectivity index (χ0v) is 12.4. The molecule has 0 radical (unpaired) electrons. The van der Waals surface area contributed by atoms with Crippen molar-refractivity contribution in [3.63, 3.8) is 0 Å². The SMILES string of the molecule is OC[C@@H](Cc1ccccc1)NC(c1cccs1)C1CC1. The predicted molar refractivity (Wildman–Crippen MR) is 83.9 cm³/mol. The molecule has 1 aromatic heterocycles. The quantitative estimate of drug-likeness (QED) is 0.818. The zero-order valence-electron chi connectivity index (χ0n) is 11.5. The summed E-state index contributed by atoms with van der Waals surface area (Å²) in [6, 6.07) is 15.3. The van der Waals surface area contributed by atoms with Crippen molar-refractivity contribution in [2.45, 2.75) is 31.3 Å². The molecule has 0 saturated heterocycles. The summed E-state index contributed by atoms with van der Waals surface area (Å²) in [5, 5.41) is 15.5. The van der Waals surface area contributed by atoms with Crippen molar-refractivity contribution in [1.29, 1.82) is 0 Å². The Labute approximate surface area is 124 Å². The predicted octanol–water partition coefficient (Wildman–Crippen LogP) is 3.39. The molecule has 1 aliphatic rings. The highest BCUT2D eigenvalue weighted by atomic mass is 32.1. The molecule has 1 aromatic carbocycles. The minimum absolute atomic E-state index is 0.130. The van der Waals surface area contributed by atoms with Crippen LogP contribution in [0, 0.1) is 5.92 Å². The van der Waals surface area contributed by atoms with Crippen molar-refractivity contribution in [3.05, 3.63) is 58.3 Å². The maximum atomic E-state index is 9.68. The number of nitrogens with one attached hydrogen (secondary N) is 1. The first kappa shape index (κ1) is 13.8. The molecule has 3 rings (SSSR count). The molecule has 2 N–H and O–H groups in total. The molecule has 0 bridgehead atoms. The average Bonchev–Trinajstić information content (AvgIpc) is 3.18. The van der Waals surface area contributed by atoms with Crippen LogP contribution < -0.4 is 5.32 Å². The van der Waals surface area contributed by atoms with Gasteiger partial charge in [-0.05, 0) is 42.2 Å². The monoisotopic (exact) mass is 287 g/mol. The highest BCUT2D eigenvalue weighted by Gasteiger charge is 2.34. The summed E-state index contributed by atoms with van der Waals surface area (Å²) in [4.78, 5) is 1.40. The molecule has 2 atom stereocenters. The molecule has 20 heavy (non-hydrogen) atoms. The lowest BCUT2D eigenvalue weighted by atomic mass is 10.0. The van der Waals surface area contributed by atoms with Crippen molar-refractivity contribution in [2.24, 2.45) is 5.92 Å². The summed E-state index contributed by atoms with van der Waals surface area (Å²) in [7, 11) is 0. The van der Waals surface area contributed by atoms with Crippen LogP contribution in [0.2, 0.25) is 0 Å². The number of thiophene rings is 1. The summed E-state index contributed by atoms with van der Waals surface area (Å²) in [5.41, 5.74) is 1.28. The van der Waals surface area contributed by atoms with Crippen LogP contribution in [0.25, 0.3) is 0 Å². The Bertz CT molecular complexity index is 507. The first-order valence-corrected chi connectivity index (χ1v) is 8.19. The normalized spacial score (nSPS) is 17.9. The second-order valence-corrected chi connectivity index (χ2v) is 6.55. The highest BCUT2D eigenvalue weighted by Crippen LogP contribution is 2.42. The smallest absolute Gasteiger partial charge is 0.0588 e. The van der Waals surface area contributed by atoms with Crippen LogP contribution in [0.1, 0.15) is 29.3 Å². The van der Waals surface area contributed by atoms with E-state index in [1.54, 1.807) is 0 Å². The Morgan fingerprint density at radius 3 is 2.55 bits per heavy atom. The molecule has 106 valence electrons. The Morgan fingerprint density at radius 1 is 1.15 bits per heavy atom. The lowest BCUT2D eigenvalue weighted by molar-refractivity contribution is 0.226. The van der Waals surface area contributed by atoms with Crippen LogP contribution in [0.5, 0.6) is 0 Å². The van der Waals surface area contributed by atoms with E-state index in [1.165, 1.54) is 23.3 Å². The van der Waals surface area contributed by atoms with E-state index in [9.17, 15) is 5.11 Å². The Kier molecular flexibility index (Phi) is 4.51. The van der Waals surface area contributed by atoms with Gasteiger partial charge in [-0.1, -0.05) is 36.4 Å². The molecule has 1 unspecified atom stereocenters. The van der Waals surface area contributed by atoms with Gasteiger partial charge >= 0.3 is 0 Å². The molecule has 2 aromatic rings. The molecule has 3 heteroatoms. The molecule has 1 saturated carbocycles. The molecule has 0 amide bonds. The van der Waals surface area contributed by atoms with Crippen molar-refractivity contribution in [1.82, 2.24) is 5.32 Å². The van der Waals surface area contributed by atoms with E-state index in [0.29, 0.717) is 6.04 Å². The molecule has 1 heterocycles. The third-order valence-corrected chi connectivity index (χ3v) is 4.86. The minimum Gasteiger partial charge on any atom is -0.395 e. The van der Waals surface area contributed by atoms with Crippen molar-refractivity contribution in [2.75, 3.05) is 6.61 Å². The van der Waals surface area contributed by atoms with Crippen LogP contribution >= 0.6 is 11.3 Å². The van der Waals surface area contributed by atoms with Gasteiger partial charge in [0.05, 0.1) is 6.61 Å². The molecule has 2 nitrogen and oxygen atoms in total. The lowest BCUT2D eigenvalue weighted by Crippen LogP contribution is -2.38. The number of rotatable bonds is 7. The third kappa shape index (κ3) is 3.48. The molecule has 0 spiro atoms. The van der Waals surface area contributed by atoms with Gasteiger partial charge in [0, 0.05) is 17.0 Å². The number of aliphatic hydroxyl groups is 1. The fourth-order valence-electron chi connectivity index (χ4n) is 2.68. The number of hydrogen-bond acceptors (Lipinski definition) is 3. The van der Waals surface area contributed by atoms with E-state index in [0.717, 1.165) is 12.3 Å². The van der Waals surface area contributed by atoms with Gasteiger partial charge in [-0.2, -0.15) is 0 Å². The average molecular weight is 287 g/mol. The van der Waals surface area contributed by atoms with Gasteiger partial charge in [0.25, 0.3) is 0 Å². The second-order valence-electron chi connectivity index (χ2n) is 5.57. The topological polar surface area (TPSA) is 32.3 Å². The minimum atomic E-state index is 0.130. The van der Waals surface area contributed by atoms with Crippen LogP contribution in [-0.2, 0) is 6.42 Å². The van der Waals surface area contributed by atoms with Crippen molar-refractivity contribution in [3.8, 4) is 0 Å². The first-order valence-electron chi connectivity index (χ1n) is 7.31. The van der Waals surface area contributed by atoms with Crippen LogP contribution in [0.15, 0.2) is 47.8 Å². The van der Waals surface area contributed by atoms with Crippen molar-refractivity contribution >= 4 is 11.3 Å². The van der Waals surface area contributed by atoms with Crippen LogP contribution in [-0.4, -0.2) is 17.8 Å². The largest absolute Gasteiger partial charge is 0.395 e. The first-order chi connectivity index (χ1) is 9.86. The maximum Gasteiger partial charge on any atom is 0.0588 e. The zero-order chi connectivity index (χ0) is 13.8. The summed E-state index contributed by atoms with van der Waals surface area (Å²) in [6.45, 7) is 0.184.